The zero-order valence-corrected chi connectivity index (χ0v) is 16.7. The summed E-state index contributed by atoms with van der Waals surface area (Å²) in [7, 11) is 0. The molecule has 0 aliphatic carbocycles. The van der Waals surface area contributed by atoms with Crippen molar-refractivity contribution in [2.45, 2.75) is 17.2 Å². The number of benzene rings is 2. The van der Waals surface area contributed by atoms with Crippen LogP contribution >= 0.6 is 23.4 Å². The Morgan fingerprint density at radius 2 is 1.90 bits per heavy atom. The SMILES string of the molecule is Cc1cc(Sc2nnc(-c3ccccc3Cl)o2)n2c(nc3ccccc32)c1C#N. The van der Waals surface area contributed by atoms with Crippen molar-refractivity contribution in [1.82, 2.24) is 19.6 Å². The molecule has 0 spiro atoms. The van der Waals surface area contributed by atoms with E-state index in [-0.39, 0.29) is 0 Å². The average molecular weight is 418 g/mol. The van der Waals surface area contributed by atoms with Gasteiger partial charge >= 0.3 is 0 Å². The third-order valence-corrected chi connectivity index (χ3v) is 5.73. The molecule has 0 aliphatic heterocycles. The minimum absolute atomic E-state index is 0.357. The van der Waals surface area contributed by atoms with Crippen LogP contribution in [0.1, 0.15) is 11.1 Å². The zero-order chi connectivity index (χ0) is 20.0. The summed E-state index contributed by atoms with van der Waals surface area (Å²) in [6.45, 7) is 1.89. The Labute approximate surface area is 174 Å². The molecule has 2 aromatic carbocycles. The molecule has 5 rings (SSSR count). The summed E-state index contributed by atoms with van der Waals surface area (Å²) in [5, 5.41) is 19.7. The van der Waals surface area contributed by atoms with Crippen LogP contribution in [0.5, 0.6) is 0 Å². The smallest absolute Gasteiger partial charge is 0.283 e. The van der Waals surface area contributed by atoms with Crippen molar-refractivity contribution in [2.75, 3.05) is 0 Å². The maximum atomic E-state index is 9.61. The Morgan fingerprint density at radius 3 is 2.72 bits per heavy atom. The summed E-state index contributed by atoms with van der Waals surface area (Å²) in [5.74, 6) is 0.357. The van der Waals surface area contributed by atoms with Crippen molar-refractivity contribution in [3.8, 4) is 17.5 Å². The molecule has 0 amide bonds. The molecule has 3 heterocycles. The van der Waals surface area contributed by atoms with Gasteiger partial charge in [0.1, 0.15) is 6.07 Å². The summed E-state index contributed by atoms with van der Waals surface area (Å²) < 4.78 is 7.80. The second-order valence-corrected chi connectivity index (χ2v) is 7.75. The maximum absolute atomic E-state index is 9.61. The molecule has 5 aromatic rings. The van der Waals surface area contributed by atoms with Gasteiger partial charge in [-0.25, -0.2) is 4.98 Å². The van der Waals surface area contributed by atoms with E-state index in [2.05, 4.69) is 21.3 Å². The minimum atomic E-state index is 0.357. The maximum Gasteiger partial charge on any atom is 0.283 e. The van der Waals surface area contributed by atoms with Crippen LogP contribution in [0.4, 0.5) is 0 Å². The minimum Gasteiger partial charge on any atom is -0.411 e. The zero-order valence-electron chi connectivity index (χ0n) is 15.1. The summed E-state index contributed by atoms with van der Waals surface area (Å²) in [5.41, 5.74) is 4.41. The number of aromatic nitrogens is 4. The lowest BCUT2D eigenvalue weighted by Gasteiger charge is -2.07. The second kappa shape index (κ2) is 6.92. The van der Waals surface area contributed by atoms with E-state index < -0.39 is 0 Å². The van der Waals surface area contributed by atoms with Crippen LogP contribution in [0.3, 0.4) is 0 Å². The standard InChI is InChI=1S/C21H12ClN5OS/c1-12-10-18(27-17-9-5-4-8-16(17)24-19(27)14(12)11-23)29-21-26-25-20(28-21)13-6-2-3-7-15(13)22/h2-10H,1H3. The number of pyridine rings is 1. The van der Waals surface area contributed by atoms with Gasteiger partial charge in [0.2, 0.25) is 5.89 Å². The highest BCUT2D eigenvalue weighted by atomic mass is 35.5. The largest absolute Gasteiger partial charge is 0.411 e. The highest BCUT2D eigenvalue weighted by Crippen LogP contribution is 2.35. The van der Waals surface area contributed by atoms with E-state index in [0.29, 0.717) is 32.9 Å². The molecular weight excluding hydrogens is 406 g/mol. The molecule has 0 bridgehead atoms. The lowest BCUT2D eigenvalue weighted by molar-refractivity contribution is 0.465. The van der Waals surface area contributed by atoms with Crippen LogP contribution in [-0.2, 0) is 0 Å². The van der Waals surface area contributed by atoms with Crippen LogP contribution in [0.15, 0.2) is 69.3 Å². The number of aryl methyl sites for hydroxylation is 1. The van der Waals surface area contributed by atoms with Crippen molar-refractivity contribution in [2.24, 2.45) is 0 Å². The number of rotatable bonds is 3. The van der Waals surface area contributed by atoms with E-state index in [0.717, 1.165) is 21.6 Å². The first kappa shape index (κ1) is 17.7. The first-order valence-electron chi connectivity index (χ1n) is 8.73. The topological polar surface area (TPSA) is 80.0 Å². The Kier molecular flexibility index (Phi) is 4.23. The van der Waals surface area contributed by atoms with Gasteiger partial charge in [-0.2, -0.15) is 5.26 Å². The van der Waals surface area contributed by atoms with Crippen LogP contribution in [0, 0.1) is 18.3 Å². The fourth-order valence-corrected chi connectivity index (χ4v) is 4.32. The van der Waals surface area contributed by atoms with E-state index in [1.54, 1.807) is 6.07 Å². The van der Waals surface area contributed by atoms with Crippen LogP contribution in [-0.4, -0.2) is 19.6 Å². The van der Waals surface area contributed by atoms with Gasteiger partial charge < -0.3 is 4.42 Å². The molecule has 0 radical (unpaired) electrons. The summed E-state index contributed by atoms with van der Waals surface area (Å²) in [6, 6.07) is 19.3. The molecule has 0 atom stereocenters. The van der Waals surface area contributed by atoms with Gasteiger partial charge in [-0.15, -0.1) is 10.2 Å². The third-order valence-electron chi connectivity index (χ3n) is 4.55. The van der Waals surface area contributed by atoms with Gasteiger partial charge in [-0.05, 0) is 54.6 Å². The quantitative estimate of drug-likeness (QED) is 0.384. The number of para-hydroxylation sites is 2. The number of nitriles is 1. The average Bonchev–Trinajstić information content (AvgIpc) is 3.33. The molecule has 3 aromatic heterocycles. The van der Waals surface area contributed by atoms with Crippen molar-refractivity contribution in [1.29, 1.82) is 5.26 Å². The molecule has 0 fully saturated rings. The molecule has 0 saturated carbocycles. The predicted molar refractivity (Wildman–Crippen MR) is 111 cm³/mol. The summed E-state index contributed by atoms with van der Waals surface area (Å²) >= 11 is 7.56. The number of fused-ring (bicyclic) bond motifs is 3. The summed E-state index contributed by atoms with van der Waals surface area (Å²) in [6.07, 6.45) is 0. The van der Waals surface area contributed by atoms with Crippen LogP contribution in [0.25, 0.3) is 28.1 Å². The highest BCUT2D eigenvalue weighted by molar-refractivity contribution is 7.99. The predicted octanol–water partition coefficient (Wildman–Crippen LogP) is 5.52. The van der Waals surface area contributed by atoms with Gasteiger partial charge in [0.25, 0.3) is 5.22 Å². The monoisotopic (exact) mass is 417 g/mol. The Morgan fingerprint density at radius 1 is 1.10 bits per heavy atom. The molecule has 0 aliphatic rings. The Bertz CT molecular complexity index is 1430. The van der Waals surface area contributed by atoms with Crippen molar-refractivity contribution in [3.05, 3.63) is 70.7 Å². The fourth-order valence-electron chi connectivity index (χ4n) is 3.21. The molecule has 8 heteroatoms. The van der Waals surface area contributed by atoms with Crippen molar-refractivity contribution < 1.29 is 4.42 Å². The Hall–Kier alpha value is -3.34. The van der Waals surface area contributed by atoms with E-state index >= 15 is 0 Å². The molecule has 0 saturated heterocycles. The van der Waals surface area contributed by atoms with Crippen LogP contribution in [0.2, 0.25) is 5.02 Å². The molecular formula is C21H12ClN5OS. The normalized spacial score (nSPS) is 11.2. The van der Waals surface area contributed by atoms with Crippen LogP contribution < -0.4 is 0 Å². The number of nitrogens with zero attached hydrogens (tertiary/aromatic N) is 5. The summed E-state index contributed by atoms with van der Waals surface area (Å²) in [4.78, 5) is 4.66. The lowest BCUT2D eigenvalue weighted by Crippen LogP contribution is -1.96. The van der Waals surface area contributed by atoms with Gasteiger partial charge in [-0.1, -0.05) is 35.9 Å². The molecule has 6 nitrogen and oxygen atoms in total. The van der Waals surface area contributed by atoms with Crippen molar-refractivity contribution in [3.63, 3.8) is 0 Å². The van der Waals surface area contributed by atoms with Crippen molar-refractivity contribution >= 4 is 40.0 Å². The Balaban J connectivity index is 1.65. The second-order valence-electron chi connectivity index (χ2n) is 6.37. The van der Waals surface area contributed by atoms with Gasteiger partial charge in [0.05, 0.1) is 32.2 Å². The lowest BCUT2D eigenvalue weighted by atomic mass is 10.2. The fraction of sp³-hybridized carbons (Fsp3) is 0.0476. The van der Waals surface area contributed by atoms with E-state index in [9.17, 15) is 5.26 Å². The van der Waals surface area contributed by atoms with E-state index in [4.69, 9.17) is 16.0 Å². The highest BCUT2D eigenvalue weighted by Gasteiger charge is 2.18. The first-order chi connectivity index (χ1) is 14.2. The van der Waals surface area contributed by atoms with Gasteiger partial charge in [-0.3, -0.25) is 4.40 Å². The van der Waals surface area contributed by atoms with Gasteiger partial charge in [0.15, 0.2) is 5.65 Å². The van der Waals surface area contributed by atoms with Gasteiger partial charge in [0, 0.05) is 0 Å². The number of hydrogen-bond acceptors (Lipinski definition) is 6. The molecule has 0 N–H and O–H groups in total. The number of hydrogen-bond donors (Lipinski definition) is 0. The molecule has 29 heavy (non-hydrogen) atoms. The molecule has 140 valence electrons. The van der Waals surface area contributed by atoms with E-state index in [1.165, 1.54) is 11.8 Å². The number of halogens is 1. The number of imidazole rings is 1. The molecule has 0 unspecified atom stereocenters. The first-order valence-corrected chi connectivity index (χ1v) is 9.92. The third kappa shape index (κ3) is 2.94. The van der Waals surface area contributed by atoms with E-state index in [1.807, 2.05) is 59.9 Å².